The van der Waals surface area contributed by atoms with Crippen molar-refractivity contribution in [2.75, 3.05) is 11.9 Å². The largest absolute Gasteiger partial charge is 0.406 e. The number of nitrogens with zero attached hydrogens (tertiary/aromatic N) is 2. The number of nitrogens with one attached hydrogen (secondary N) is 1. The van der Waals surface area contributed by atoms with Gasteiger partial charge in [-0.1, -0.05) is 18.4 Å². The lowest BCUT2D eigenvalue weighted by molar-refractivity contribution is 0.178. The van der Waals surface area contributed by atoms with E-state index < -0.39 is 0 Å². The summed E-state index contributed by atoms with van der Waals surface area (Å²) in [6.07, 6.45) is 3.87. The van der Waals surface area contributed by atoms with E-state index in [-0.39, 0.29) is 6.04 Å². The molecule has 0 aliphatic heterocycles. The zero-order valence-corrected chi connectivity index (χ0v) is 9.29. The molecule has 1 aromatic heterocycles. The van der Waals surface area contributed by atoms with E-state index in [1.807, 2.05) is 6.92 Å². The van der Waals surface area contributed by atoms with Gasteiger partial charge in [0.2, 0.25) is 5.89 Å². The van der Waals surface area contributed by atoms with Crippen molar-refractivity contribution in [3.8, 4) is 0 Å². The number of hydrogen-bond acceptors (Lipinski definition) is 5. The molecule has 1 saturated carbocycles. The molecule has 0 spiro atoms. The van der Waals surface area contributed by atoms with Crippen molar-refractivity contribution in [2.45, 2.75) is 39.2 Å². The van der Waals surface area contributed by atoms with Crippen LogP contribution in [0, 0.1) is 5.41 Å². The highest BCUT2D eigenvalue weighted by Crippen LogP contribution is 2.40. The first-order valence-corrected chi connectivity index (χ1v) is 5.42. The fourth-order valence-electron chi connectivity index (χ4n) is 1.74. The van der Waals surface area contributed by atoms with Gasteiger partial charge in [0, 0.05) is 6.54 Å². The van der Waals surface area contributed by atoms with E-state index >= 15 is 0 Å². The summed E-state index contributed by atoms with van der Waals surface area (Å²) in [6.45, 7) is 4.99. The second-order valence-corrected chi connectivity index (χ2v) is 4.75. The lowest BCUT2D eigenvalue weighted by Gasteiger charge is -2.38. The Morgan fingerprint density at radius 3 is 2.73 bits per heavy atom. The summed E-state index contributed by atoms with van der Waals surface area (Å²) >= 11 is 0. The molecule has 0 bridgehead atoms. The van der Waals surface area contributed by atoms with E-state index in [1.54, 1.807) is 0 Å². The minimum Gasteiger partial charge on any atom is -0.406 e. The highest BCUT2D eigenvalue weighted by atomic mass is 16.4. The second kappa shape index (κ2) is 3.81. The number of hydrogen-bond donors (Lipinski definition) is 2. The number of anilines is 1. The fraction of sp³-hybridized carbons (Fsp3) is 0.800. The van der Waals surface area contributed by atoms with E-state index in [0.717, 1.165) is 6.54 Å². The van der Waals surface area contributed by atoms with Crippen LogP contribution in [0.2, 0.25) is 0 Å². The quantitative estimate of drug-likeness (QED) is 0.790. The molecule has 3 N–H and O–H groups in total. The Hall–Kier alpha value is -1.10. The van der Waals surface area contributed by atoms with Crippen molar-refractivity contribution in [2.24, 2.45) is 11.1 Å². The highest BCUT2D eigenvalue weighted by Gasteiger charge is 2.31. The summed E-state index contributed by atoms with van der Waals surface area (Å²) in [6, 6.07) is 0.280. The number of aromatic nitrogens is 2. The van der Waals surface area contributed by atoms with Crippen LogP contribution in [0.25, 0.3) is 0 Å². The predicted molar refractivity (Wildman–Crippen MR) is 57.3 cm³/mol. The van der Waals surface area contributed by atoms with Crippen LogP contribution in [0.3, 0.4) is 0 Å². The molecule has 1 unspecified atom stereocenters. The van der Waals surface area contributed by atoms with E-state index in [4.69, 9.17) is 10.2 Å². The van der Waals surface area contributed by atoms with Crippen molar-refractivity contribution in [1.29, 1.82) is 0 Å². The molecule has 5 nitrogen and oxygen atoms in total. The Kier molecular flexibility index (Phi) is 2.65. The Labute approximate surface area is 89.4 Å². The minimum atomic E-state index is -0.202. The molecule has 1 aromatic rings. The summed E-state index contributed by atoms with van der Waals surface area (Å²) < 4.78 is 5.35. The van der Waals surface area contributed by atoms with Gasteiger partial charge >= 0.3 is 6.01 Å². The number of rotatable bonds is 4. The first-order valence-electron chi connectivity index (χ1n) is 5.42. The van der Waals surface area contributed by atoms with Gasteiger partial charge < -0.3 is 15.5 Å². The molecular formula is C10H18N4O. The average molecular weight is 210 g/mol. The lowest BCUT2D eigenvalue weighted by Crippen LogP contribution is -2.33. The van der Waals surface area contributed by atoms with Gasteiger partial charge in [-0.15, -0.1) is 5.10 Å². The fourth-order valence-corrected chi connectivity index (χ4v) is 1.74. The average Bonchev–Trinajstić information content (AvgIpc) is 2.60. The Morgan fingerprint density at radius 2 is 2.27 bits per heavy atom. The van der Waals surface area contributed by atoms with Crippen LogP contribution in [0.5, 0.6) is 0 Å². The summed E-state index contributed by atoms with van der Waals surface area (Å²) in [5.41, 5.74) is 6.03. The molecule has 1 fully saturated rings. The first-order chi connectivity index (χ1) is 7.09. The van der Waals surface area contributed by atoms with E-state index in [9.17, 15) is 0 Å². The van der Waals surface area contributed by atoms with Crippen LogP contribution >= 0.6 is 0 Å². The molecule has 5 heteroatoms. The maximum absolute atomic E-state index is 5.62. The maximum atomic E-state index is 5.62. The first kappa shape index (κ1) is 10.4. The molecule has 0 radical (unpaired) electrons. The SMILES string of the molecule is CC(N)c1nnc(NCC2(C)CCC2)o1. The van der Waals surface area contributed by atoms with Gasteiger partial charge in [-0.2, -0.15) is 0 Å². The monoisotopic (exact) mass is 210 g/mol. The van der Waals surface area contributed by atoms with Gasteiger partial charge in [0.15, 0.2) is 0 Å². The molecule has 84 valence electrons. The van der Waals surface area contributed by atoms with Crippen LogP contribution in [-0.2, 0) is 0 Å². The topological polar surface area (TPSA) is 77.0 Å². The molecule has 0 amide bonds. The van der Waals surface area contributed by atoms with Gasteiger partial charge in [0.1, 0.15) is 0 Å². The molecule has 1 aliphatic carbocycles. The van der Waals surface area contributed by atoms with E-state index in [1.165, 1.54) is 19.3 Å². The summed E-state index contributed by atoms with van der Waals surface area (Å²) in [5.74, 6) is 0.483. The highest BCUT2D eigenvalue weighted by molar-refractivity contribution is 5.18. The molecule has 15 heavy (non-hydrogen) atoms. The Balaban J connectivity index is 1.88. The zero-order valence-electron chi connectivity index (χ0n) is 9.29. The van der Waals surface area contributed by atoms with Crippen LogP contribution in [-0.4, -0.2) is 16.7 Å². The Bertz CT molecular complexity index is 330. The van der Waals surface area contributed by atoms with Gasteiger partial charge in [0.05, 0.1) is 6.04 Å². The Morgan fingerprint density at radius 1 is 1.53 bits per heavy atom. The molecular weight excluding hydrogens is 192 g/mol. The standard InChI is InChI=1S/C10H18N4O/c1-7(11)8-13-14-9(15-8)12-6-10(2)4-3-5-10/h7H,3-6,11H2,1-2H3,(H,12,14). The van der Waals surface area contributed by atoms with Crippen molar-refractivity contribution >= 4 is 6.01 Å². The van der Waals surface area contributed by atoms with E-state index in [2.05, 4.69) is 22.4 Å². The minimum absolute atomic E-state index is 0.202. The van der Waals surface area contributed by atoms with Gasteiger partial charge in [-0.3, -0.25) is 0 Å². The van der Waals surface area contributed by atoms with Crippen LogP contribution < -0.4 is 11.1 Å². The number of nitrogens with two attached hydrogens (primary N) is 1. The summed E-state index contributed by atoms with van der Waals surface area (Å²) in [7, 11) is 0. The lowest BCUT2D eigenvalue weighted by atomic mass is 9.70. The molecule has 1 atom stereocenters. The third kappa shape index (κ3) is 2.28. The van der Waals surface area contributed by atoms with Crippen LogP contribution in [0.4, 0.5) is 6.01 Å². The van der Waals surface area contributed by atoms with Gasteiger partial charge in [-0.05, 0) is 25.2 Å². The normalized spacial score (nSPS) is 20.7. The summed E-state index contributed by atoms with van der Waals surface area (Å²) in [5, 5.41) is 10.9. The van der Waals surface area contributed by atoms with E-state index in [0.29, 0.717) is 17.3 Å². The predicted octanol–water partition coefficient (Wildman–Crippen LogP) is 1.69. The van der Waals surface area contributed by atoms with Gasteiger partial charge in [0.25, 0.3) is 0 Å². The molecule has 1 aliphatic rings. The van der Waals surface area contributed by atoms with Crippen molar-refractivity contribution in [3.63, 3.8) is 0 Å². The summed E-state index contributed by atoms with van der Waals surface area (Å²) in [4.78, 5) is 0. The zero-order chi connectivity index (χ0) is 10.9. The molecule has 0 aromatic carbocycles. The maximum Gasteiger partial charge on any atom is 0.315 e. The van der Waals surface area contributed by atoms with Crippen LogP contribution in [0.1, 0.15) is 45.0 Å². The third-order valence-electron chi connectivity index (χ3n) is 3.06. The molecule has 1 heterocycles. The van der Waals surface area contributed by atoms with Crippen molar-refractivity contribution < 1.29 is 4.42 Å². The van der Waals surface area contributed by atoms with Crippen LogP contribution in [0.15, 0.2) is 4.42 Å². The third-order valence-corrected chi connectivity index (χ3v) is 3.06. The second-order valence-electron chi connectivity index (χ2n) is 4.75. The van der Waals surface area contributed by atoms with Crippen molar-refractivity contribution in [3.05, 3.63) is 5.89 Å². The smallest absolute Gasteiger partial charge is 0.315 e. The van der Waals surface area contributed by atoms with Crippen molar-refractivity contribution in [1.82, 2.24) is 10.2 Å². The molecule has 2 rings (SSSR count). The van der Waals surface area contributed by atoms with Gasteiger partial charge in [-0.25, -0.2) is 0 Å². The molecule has 0 saturated heterocycles.